The molecule has 4 fully saturated rings. The summed E-state index contributed by atoms with van der Waals surface area (Å²) in [5, 5.41) is 33.8. The summed E-state index contributed by atoms with van der Waals surface area (Å²) >= 11 is 0. The van der Waals surface area contributed by atoms with Crippen molar-refractivity contribution in [2.24, 2.45) is 28.6 Å². The number of hydrogen-bond donors (Lipinski definition) is 3. The summed E-state index contributed by atoms with van der Waals surface area (Å²) in [5.74, 6) is -6.19. The van der Waals surface area contributed by atoms with Gasteiger partial charge in [-0.05, 0) is 31.4 Å². The molecule has 212 valence electrons. The minimum atomic E-state index is -2.24. The van der Waals surface area contributed by atoms with Crippen LogP contribution in [0.15, 0.2) is 34.6 Å². The third kappa shape index (κ3) is 3.32. The molecule has 11 nitrogen and oxygen atoms in total. The van der Waals surface area contributed by atoms with E-state index in [0.717, 1.165) is 7.11 Å². The topological polar surface area (TPSA) is 166 Å². The van der Waals surface area contributed by atoms with E-state index in [0.29, 0.717) is 11.1 Å². The molecule has 2 bridgehead atoms. The number of carbonyl (C=O) groups is 4. The summed E-state index contributed by atoms with van der Waals surface area (Å²) in [4.78, 5) is 52.5. The zero-order chi connectivity index (χ0) is 28.8. The number of carbonyl (C=O) groups excluding carboxylic acids is 4. The smallest absolute Gasteiger partial charge is 0.348 e. The van der Waals surface area contributed by atoms with E-state index in [1.165, 1.54) is 12.2 Å². The maximum Gasteiger partial charge on any atom is 0.348 e. The SMILES string of the molecule is COC(=O)[C@]12OC[C@@]34[C@H]1C(OC(=O)/C=C(\C)C(C)C)C(=O)O[C@@H]3CC1=C(C)C(=O)C(O)=C[C@]1(C)[C@H]4C(O)C2O. The Morgan fingerprint density at radius 1 is 1.21 bits per heavy atom. The molecule has 5 rings (SSSR count). The summed E-state index contributed by atoms with van der Waals surface area (Å²) in [6, 6.07) is 0. The van der Waals surface area contributed by atoms with Crippen molar-refractivity contribution in [3.05, 3.63) is 34.6 Å². The molecule has 11 heteroatoms. The molecule has 3 unspecified atom stereocenters. The molecule has 2 saturated heterocycles. The van der Waals surface area contributed by atoms with Crippen molar-refractivity contribution in [1.29, 1.82) is 0 Å². The zero-order valence-corrected chi connectivity index (χ0v) is 22.7. The number of Topliss-reactive ketones (excluding diaryl/α,β-unsaturated/α-hetero) is 1. The number of methoxy groups -OCH3 is 1. The summed E-state index contributed by atoms with van der Waals surface area (Å²) in [6.45, 7) is 8.52. The number of esters is 3. The molecule has 5 aliphatic rings. The molecule has 1 spiro atoms. The Kier molecular flexibility index (Phi) is 6.17. The first kappa shape index (κ1) is 27.5. The van der Waals surface area contributed by atoms with Gasteiger partial charge in [-0.15, -0.1) is 0 Å². The largest absolute Gasteiger partial charge is 0.504 e. The normalized spacial score (nSPS) is 42.9. The Labute approximate surface area is 225 Å². The molecule has 0 aromatic heterocycles. The molecule has 3 N–H and O–H groups in total. The van der Waals surface area contributed by atoms with Gasteiger partial charge in [0.2, 0.25) is 17.5 Å². The molecule has 2 aliphatic heterocycles. The van der Waals surface area contributed by atoms with Crippen molar-refractivity contribution in [1.82, 2.24) is 0 Å². The monoisotopic (exact) mass is 546 g/mol. The lowest BCUT2D eigenvalue weighted by molar-refractivity contribution is -0.272. The van der Waals surface area contributed by atoms with Crippen molar-refractivity contribution >= 4 is 23.7 Å². The third-order valence-corrected chi connectivity index (χ3v) is 9.83. The highest BCUT2D eigenvalue weighted by Crippen LogP contribution is 2.71. The lowest BCUT2D eigenvalue weighted by Gasteiger charge is -2.65. The molecule has 0 aromatic carbocycles. The fourth-order valence-electron chi connectivity index (χ4n) is 7.83. The van der Waals surface area contributed by atoms with E-state index in [-0.39, 0.29) is 24.5 Å². The van der Waals surface area contributed by atoms with Crippen LogP contribution in [0.3, 0.4) is 0 Å². The standard InChI is InChI=1S/C28H34O11/c1-11(2)12(3)7-17(30)39-20-22-27-10-37-28(22,25(35)36-6)23(33)19(32)21(27)26(5)9-15(29)18(31)13(4)14(26)8-16(27)38-24(20)34/h7,9,11,16,19-23,29,32-33H,8,10H2,1-6H3/b12-7+/t16-,19?,20?,21-,22-,23?,26+,27-,28+/m1/s1. The first-order valence-electron chi connectivity index (χ1n) is 13.0. The van der Waals surface area contributed by atoms with Crippen LogP contribution in [0, 0.1) is 28.6 Å². The number of aliphatic hydroxyl groups excluding tert-OH is 3. The van der Waals surface area contributed by atoms with E-state index in [4.69, 9.17) is 18.9 Å². The van der Waals surface area contributed by atoms with Gasteiger partial charge in [-0.1, -0.05) is 26.3 Å². The first-order valence-corrected chi connectivity index (χ1v) is 13.0. The second-order valence-electron chi connectivity index (χ2n) is 11.9. The van der Waals surface area contributed by atoms with Gasteiger partial charge in [0.1, 0.15) is 12.2 Å². The molecule has 0 amide bonds. The molecule has 9 atom stereocenters. The van der Waals surface area contributed by atoms with E-state index in [9.17, 15) is 34.5 Å². The minimum absolute atomic E-state index is 0.0241. The second-order valence-corrected chi connectivity index (χ2v) is 11.9. The predicted molar refractivity (Wildman–Crippen MR) is 132 cm³/mol. The fraction of sp³-hybridized carbons (Fsp3) is 0.643. The van der Waals surface area contributed by atoms with Crippen LogP contribution in [0.2, 0.25) is 0 Å². The Bertz CT molecular complexity index is 1260. The first-order chi connectivity index (χ1) is 18.2. The maximum atomic E-state index is 13.5. The number of rotatable bonds is 4. The van der Waals surface area contributed by atoms with Crippen molar-refractivity contribution < 1.29 is 53.4 Å². The molecule has 39 heavy (non-hydrogen) atoms. The molecule has 0 aromatic rings. The number of ether oxygens (including phenoxy) is 4. The van der Waals surface area contributed by atoms with Crippen LogP contribution in [-0.4, -0.2) is 82.7 Å². The van der Waals surface area contributed by atoms with Crippen LogP contribution in [0.4, 0.5) is 0 Å². The van der Waals surface area contributed by atoms with Crippen LogP contribution in [-0.2, 0) is 38.1 Å². The number of fused-ring (bicyclic) bond motifs is 2. The summed E-state index contributed by atoms with van der Waals surface area (Å²) in [5.41, 5.74) is -3.31. The van der Waals surface area contributed by atoms with Crippen LogP contribution >= 0.6 is 0 Å². The van der Waals surface area contributed by atoms with Crippen LogP contribution in [0.25, 0.3) is 0 Å². The Morgan fingerprint density at radius 3 is 2.49 bits per heavy atom. The van der Waals surface area contributed by atoms with Gasteiger partial charge in [0, 0.05) is 34.8 Å². The van der Waals surface area contributed by atoms with Crippen molar-refractivity contribution in [3.63, 3.8) is 0 Å². The van der Waals surface area contributed by atoms with Crippen molar-refractivity contribution in [2.75, 3.05) is 13.7 Å². The Balaban J connectivity index is 1.73. The lowest BCUT2D eigenvalue weighted by Crippen LogP contribution is -2.78. The zero-order valence-electron chi connectivity index (χ0n) is 22.7. The van der Waals surface area contributed by atoms with E-state index >= 15 is 0 Å². The van der Waals surface area contributed by atoms with Crippen LogP contribution in [0.1, 0.15) is 41.0 Å². The molecule has 0 radical (unpaired) electrons. The van der Waals surface area contributed by atoms with E-state index in [1.54, 1.807) is 20.8 Å². The van der Waals surface area contributed by atoms with E-state index in [2.05, 4.69) is 0 Å². The number of allylic oxidation sites excluding steroid dienone is 3. The summed E-state index contributed by atoms with van der Waals surface area (Å²) in [7, 11) is 1.09. The van der Waals surface area contributed by atoms with Crippen molar-refractivity contribution in [3.8, 4) is 0 Å². The third-order valence-electron chi connectivity index (χ3n) is 9.83. The van der Waals surface area contributed by atoms with Gasteiger partial charge < -0.3 is 34.3 Å². The molecule has 2 saturated carbocycles. The number of aliphatic hydroxyl groups is 3. The number of ketones is 1. The molecule has 3 aliphatic carbocycles. The average Bonchev–Trinajstić information content (AvgIpc) is 3.18. The lowest BCUT2D eigenvalue weighted by atomic mass is 9.40. The highest BCUT2D eigenvalue weighted by atomic mass is 16.6. The minimum Gasteiger partial charge on any atom is -0.504 e. The summed E-state index contributed by atoms with van der Waals surface area (Å²) in [6.07, 6.45) is -3.55. The Morgan fingerprint density at radius 2 is 1.87 bits per heavy atom. The van der Waals surface area contributed by atoms with Gasteiger partial charge in [-0.3, -0.25) is 4.79 Å². The van der Waals surface area contributed by atoms with Gasteiger partial charge in [0.05, 0.1) is 25.7 Å². The van der Waals surface area contributed by atoms with E-state index < -0.39 is 82.1 Å². The Hall–Kier alpha value is -3.02. The molecule has 2 heterocycles. The van der Waals surface area contributed by atoms with Crippen molar-refractivity contribution in [2.45, 2.75) is 71.1 Å². The maximum absolute atomic E-state index is 13.5. The van der Waals surface area contributed by atoms with Gasteiger partial charge in [0.25, 0.3) is 0 Å². The molecular weight excluding hydrogens is 512 g/mol. The summed E-state index contributed by atoms with van der Waals surface area (Å²) < 4.78 is 22.6. The van der Waals surface area contributed by atoms with Gasteiger partial charge >= 0.3 is 17.9 Å². The highest BCUT2D eigenvalue weighted by Gasteiger charge is 2.84. The molecular formula is C28H34O11. The quantitative estimate of drug-likeness (QED) is 0.262. The predicted octanol–water partition coefficient (Wildman–Crippen LogP) is 1.07. The van der Waals surface area contributed by atoms with Crippen LogP contribution < -0.4 is 0 Å². The average molecular weight is 547 g/mol. The van der Waals surface area contributed by atoms with E-state index in [1.807, 2.05) is 13.8 Å². The van der Waals surface area contributed by atoms with Crippen LogP contribution in [0.5, 0.6) is 0 Å². The highest BCUT2D eigenvalue weighted by molar-refractivity contribution is 6.08. The fourth-order valence-corrected chi connectivity index (χ4v) is 7.83. The van der Waals surface area contributed by atoms with Gasteiger partial charge in [-0.2, -0.15) is 0 Å². The van der Waals surface area contributed by atoms with Gasteiger partial charge in [0.15, 0.2) is 5.76 Å². The second kappa shape index (κ2) is 8.74. The number of hydrogen-bond acceptors (Lipinski definition) is 11. The van der Waals surface area contributed by atoms with Gasteiger partial charge in [-0.25, -0.2) is 14.4 Å².